The number of carbonyl (C=O) groups is 2. The summed E-state index contributed by atoms with van der Waals surface area (Å²) in [4.78, 5) is 34.7. The van der Waals surface area contributed by atoms with Crippen molar-refractivity contribution in [3.05, 3.63) is 54.1 Å². The number of nitrogens with one attached hydrogen (secondary N) is 1. The van der Waals surface area contributed by atoms with E-state index in [4.69, 9.17) is 4.74 Å². The van der Waals surface area contributed by atoms with Crippen molar-refractivity contribution in [2.75, 3.05) is 49.6 Å². The number of ether oxygens (including phenoxy) is 1. The number of rotatable bonds is 6. The Morgan fingerprint density at radius 1 is 1.09 bits per heavy atom. The smallest absolute Gasteiger partial charge is 0.379 e. The molecule has 0 aliphatic carbocycles. The number of halogens is 3. The number of benzene rings is 2. The molecule has 1 aromatic heterocycles. The lowest BCUT2D eigenvalue weighted by molar-refractivity contribution is -0.137. The maximum Gasteiger partial charge on any atom is 0.416 e. The summed E-state index contributed by atoms with van der Waals surface area (Å²) < 4.78 is 46.2. The molecule has 0 bridgehead atoms. The fourth-order valence-electron chi connectivity index (χ4n) is 4.53. The number of fused-ring (bicyclic) bond motifs is 3. The highest BCUT2D eigenvalue weighted by molar-refractivity contribution is 6.05. The largest absolute Gasteiger partial charge is 0.416 e. The number of para-hydroxylation sites is 2. The Morgan fingerprint density at radius 2 is 1.86 bits per heavy atom. The standard InChI is InChI=1S/C24H24F3N5O3/c25-24(26,27)16-4-3-5-17(14-16)28-21(33)15-20-22(34)31(9-8-30-10-12-35-13-11-30)23-29-18-6-1-2-7-19(18)32(20)23/h1-7,14,20H,8-13,15H2,(H,28,33)/t20-/m0/s1. The molecule has 184 valence electrons. The summed E-state index contributed by atoms with van der Waals surface area (Å²) in [6.45, 7) is 3.90. The average molecular weight is 487 g/mol. The minimum absolute atomic E-state index is 0.0233. The van der Waals surface area contributed by atoms with Gasteiger partial charge in [-0.25, -0.2) is 4.98 Å². The molecule has 3 heterocycles. The maximum absolute atomic E-state index is 13.4. The molecule has 11 heteroatoms. The van der Waals surface area contributed by atoms with Crippen molar-refractivity contribution in [3.63, 3.8) is 0 Å². The van der Waals surface area contributed by atoms with Crippen molar-refractivity contribution in [3.8, 4) is 0 Å². The van der Waals surface area contributed by atoms with Gasteiger partial charge in [0.05, 0.1) is 36.2 Å². The highest BCUT2D eigenvalue weighted by Gasteiger charge is 2.41. The van der Waals surface area contributed by atoms with E-state index >= 15 is 0 Å². The highest BCUT2D eigenvalue weighted by Crippen LogP contribution is 2.37. The van der Waals surface area contributed by atoms with Gasteiger partial charge in [-0.1, -0.05) is 18.2 Å². The fourth-order valence-corrected chi connectivity index (χ4v) is 4.53. The first kappa shape index (κ1) is 23.3. The molecule has 3 aromatic rings. The molecule has 0 unspecified atom stereocenters. The second-order valence-electron chi connectivity index (χ2n) is 8.56. The third kappa shape index (κ3) is 4.73. The van der Waals surface area contributed by atoms with Gasteiger partial charge in [0.25, 0.3) is 5.91 Å². The van der Waals surface area contributed by atoms with Crippen molar-refractivity contribution in [1.82, 2.24) is 14.5 Å². The van der Waals surface area contributed by atoms with Gasteiger partial charge in [-0.05, 0) is 30.3 Å². The molecule has 1 N–H and O–H groups in total. The molecule has 1 saturated heterocycles. The predicted octanol–water partition coefficient (Wildman–Crippen LogP) is 3.30. The number of hydrogen-bond acceptors (Lipinski definition) is 5. The fraction of sp³-hybridized carbons (Fsp3) is 0.375. The molecule has 2 aliphatic rings. The van der Waals surface area contributed by atoms with E-state index in [0.29, 0.717) is 37.8 Å². The third-order valence-corrected chi connectivity index (χ3v) is 6.28. The number of hydrogen-bond donors (Lipinski definition) is 1. The van der Waals surface area contributed by atoms with Gasteiger partial charge < -0.3 is 10.1 Å². The van der Waals surface area contributed by atoms with E-state index in [2.05, 4.69) is 15.2 Å². The Hall–Kier alpha value is -3.44. The van der Waals surface area contributed by atoms with Crippen molar-refractivity contribution in [2.45, 2.75) is 18.6 Å². The first-order valence-corrected chi connectivity index (χ1v) is 11.4. The molecule has 1 atom stereocenters. The zero-order chi connectivity index (χ0) is 24.6. The van der Waals surface area contributed by atoms with Crippen LogP contribution in [-0.4, -0.2) is 65.7 Å². The molecular formula is C24H24F3N5O3. The Labute approximate surface area is 199 Å². The van der Waals surface area contributed by atoms with Crippen LogP contribution in [0.3, 0.4) is 0 Å². The minimum Gasteiger partial charge on any atom is -0.379 e. The number of amides is 2. The normalized spacial score (nSPS) is 18.8. The van der Waals surface area contributed by atoms with Gasteiger partial charge in [-0.15, -0.1) is 0 Å². The minimum atomic E-state index is -4.52. The summed E-state index contributed by atoms with van der Waals surface area (Å²) in [6.07, 6.45) is -4.75. The van der Waals surface area contributed by atoms with Crippen LogP contribution in [0.1, 0.15) is 18.0 Å². The van der Waals surface area contributed by atoms with Gasteiger partial charge in [0.2, 0.25) is 11.9 Å². The Bertz CT molecular complexity index is 1250. The summed E-state index contributed by atoms with van der Waals surface area (Å²) in [5.74, 6) is -0.339. The van der Waals surface area contributed by atoms with Gasteiger partial charge in [-0.2, -0.15) is 13.2 Å². The number of alkyl halides is 3. The average Bonchev–Trinajstić information content (AvgIpc) is 3.32. The van der Waals surface area contributed by atoms with Crippen LogP contribution in [0, 0.1) is 0 Å². The van der Waals surface area contributed by atoms with E-state index < -0.39 is 23.7 Å². The molecule has 1 fully saturated rings. The second-order valence-corrected chi connectivity index (χ2v) is 8.56. The van der Waals surface area contributed by atoms with Gasteiger partial charge in [0, 0.05) is 31.9 Å². The number of nitrogens with zero attached hydrogens (tertiary/aromatic N) is 4. The zero-order valence-electron chi connectivity index (χ0n) is 18.8. The van der Waals surface area contributed by atoms with Crippen LogP contribution in [0.5, 0.6) is 0 Å². The summed E-state index contributed by atoms with van der Waals surface area (Å²) >= 11 is 0. The molecule has 2 amide bonds. The first-order valence-electron chi connectivity index (χ1n) is 11.4. The SMILES string of the molecule is O=C(C[C@H]1C(=O)N(CCN2CCOCC2)c2nc3ccccc3n21)Nc1cccc(C(F)(F)F)c1. The van der Waals surface area contributed by atoms with Gasteiger partial charge >= 0.3 is 6.18 Å². The molecule has 5 rings (SSSR count). The number of anilines is 2. The van der Waals surface area contributed by atoms with Crippen molar-refractivity contribution in [1.29, 1.82) is 0 Å². The van der Waals surface area contributed by atoms with E-state index in [1.165, 1.54) is 12.1 Å². The monoisotopic (exact) mass is 487 g/mol. The molecule has 2 aromatic carbocycles. The molecule has 2 aliphatic heterocycles. The Balaban J connectivity index is 1.37. The Kier molecular flexibility index (Phi) is 6.20. The lowest BCUT2D eigenvalue weighted by atomic mass is 10.1. The lowest BCUT2D eigenvalue weighted by Crippen LogP contribution is -2.42. The van der Waals surface area contributed by atoms with Crippen molar-refractivity contribution in [2.24, 2.45) is 0 Å². The number of carbonyl (C=O) groups excluding carboxylic acids is 2. The molecule has 0 saturated carbocycles. The summed E-state index contributed by atoms with van der Waals surface area (Å²) in [6, 6.07) is 10.9. The van der Waals surface area contributed by atoms with Crippen LogP contribution in [0.2, 0.25) is 0 Å². The van der Waals surface area contributed by atoms with E-state index in [0.717, 1.165) is 30.7 Å². The number of aromatic nitrogens is 2. The number of imidazole rings is 1. The Morgan fingerprint density at radius 3 is 2.63 bits per heavy atom. The topological polar surface area (TPSA) is 79.7 Å². The van der Waals surface area contributed by atoms with Gasteiger partial charge in [-0.3, -0.25) is 24.0 Å². The van der Waals surface area contributed by atoms with Crippen LogP contribution in [0.4, 0.5) is 24.8 Å². The van der Waals surface area contributed by atoms with Crippen molar-refractivity contribution < 1.29 is 27.5 Å². The maximum atomic E-state index is 13.4. The molecule has 0 radical (unpaired) electrons. The summed E-state index contributed by atoms with van der Waals surface area (Å²) in [5.41, 5.74) is 0.593. The lowest BCUT2D eigenvalue weighted by Gasteiger charge is -2.28. The summed E-state index contributed by atoms with van der Waals surface area (Å²) in [5, 5.41) is 2.51. The quantitative estimate of drug-likeness (QED) is 0.577. The van der Waals surface area contributed by atoms with E-state index in [9.17, 15) is 22.8 Å². The van der Waals surface area contributed by atoms with Gasteiger partial charge in [0.15, 0.2) is 0 Å². The van der Waals surface area contributed by atoms with Crippen LogP contribution in [0.25, 0.3) is 11.0 Å². The van der Waals surface area contributed by atoms with E-state index in [1.54, 1.807) is 9.47 Å². The van der Waals surface area contributed by atoms with Crippen LogP contribution < -0.4 is 10.2 Å². The molecular weight excluding hydrogens is 463 g/mol. The predicted molar refractivity (Wildman–Crippen MR) is 123 cm³/mol. The zero-order valence-corrected chi connectivity index (χ0v) is 18.8. The molecule has 8 nitrogen and oxygen atoms in total. The molecule has 0 spiro atoms. The van der Waals surface area contributed by atoms with Crippen LogP contribution in [0.15, 0.2) is 48.5 Å². The summed E-state index contributed by atoms with van der Waals surface area (Å²) in [7, 11) is 0. The second kappa shape index (κ2) is 9.31. The molecule has 35 heavy (non-hydrogen) atoms. The van der Waals surface area contributed by atoms with Crippen LogP contribution >= 0.6 is 0 Å². The van der Waals surface area contributed by atoms with E-state index in [-0.39, 0.29) is 18.0 Å². The first-order chi connectivity index (χ1) is 16.8. The van der Waals surface area contributed by atoms with Crippen molar-refractivity contribution >= 4 is 34.5 Å². The van der Waals surface area contributed by atoms with E-state index in [1.807, 2.05) is 24.3 Å². The van der Waals surface area contributed by atoms with Gasteiger partial charge in [0.1, 0.15) is 6.04 Å². The number of morpholine rings is 1. The highest BCUT2D eigenvalue weighted by atomic mass is 19.4. The van der Waals surface area contributed by atoms with Crippen LogP contribution in [-0.2, 0) is 20.5 Å². The third-order valence-electron chi connectivity index (χ3n) is 6.28.